The Kier molecular flexibility index (Phi) is 3.74. The van der Waals surface area contributed by atoms with Crippen LogP contribution >= 0.6 is 0 Å². The van der Waals surface area contributed by atoms with Gasteiger partial charge in [-0.3, -0.25) is 9.59 Å². The summed E-state index contributed by atoms with van der Waals surface area (Å²) < 4.78 is 1.90. The average molecular weight is 270 g/mol. The first kappa shape index (κ1) is 14.1. The lowest BCUT2D eigenvalue weighted by Crippen LogP contribution is -2.23. The second-order valence-corrected chi connectivity index (χ2v) is 4.99. The number of hydrogen-bond acceptors (Lipinski definition) is 2. The third kappa shape index (κ3) is 2.64. The van der Waals surface area contributed by atoms with Crippen LogP contribution in [0.4, 0.5) is 5.69 Å². The Hall–Kier alpha value is -2.36. The van der Waals surface area contributed by atoms with Gasteiger partial charge in [-0.05, 0) is 39.0 Å². The molecule has 104 valence electrons. The zero-order valence-corrected chi connectivity index (χ0v) is 12.2. The molecule has 0 atom stereocenters. The van der Waals surface area contributed by atoms with Gasteiger partial charge in [-0.15, -0.1) is 0 Å². The van der Waals surface area contributed by atoms with Gasteiger partial charge in [0.25, 0.3) is 11.7 Å². The van der Waals surface area contributed by atoms with Crippen LogP contribution in [0.1, 0.15) is 27.3 Å². The quantitative estimate of drug-likeness (QED) is 0.688. The van der Waals surface area contributed by atoms with E-state index in [0.717, 1.165) is 17.0 Å². The second-order valence-electron chi connectivity index (χ2n) is 4.99. The fraction of sp³-hybridized carbons (Fsp3) is 0.250. The minimum absolute atomic E-state index is 0.453. The molecule has 0 radical (unpaired) electrons. The summed E-state index contributed by atoms with van der Waals surface area (Å²) in [6, 6.07) is 9.08. The van der Waals surface area contributed by atoms with Gasteiger partial charge >= 0.3 is 0 Å². The van der Waals surface area contributed by atoms with E-state index in [1.54, 1.807) is 18.2 Å². The Morgan fingerprint density at radius 3 is 2.15 bits per heavy atom. The molecule has 0 unspecified atom stereocenters. The topological polar surface area (TPSA) is 51.1 Å². The fourth-order valence-electron chi connectivity index (χ4n) is 2.03. The predicted octanol–water partition coefficient (Wildman–Crippen LogP) is 2.77. The Bertz CT molecular complexity index is 667. The SMILES string of the molecule is Cc1ccc(NC(=O)C(=O)c2cc(C)n(C)c2C)cc1. The largest absolute Gasteiger partial charge is 0.351 e. The molecule has 1 aromatic heterocycles. The maximum Gasteiger partial charge on any atom is 0.296 e. The molecule has 1 aromatic carbocycles. The molecule has 0 aliphatic carbocycles. The maximum atomic E-state index is 12.2. The number of carbonyl (C=O) groups excluding carboxylic acids is 2. The molecule has 0 saturated heterocycles. The molecule has 0 fully saturated rings. The van der Waals surface area contributed by atoms with Crippen molar-refractivity contribution in [2.24, 2.45) is 7.05 Å². The number of hydrogen-bond donors (Lipinski definition) is 1. The first-order chi connectivity index (χ1) is 9.40. The highest BCUT2D eigenvalue weighted by atomic mass is 16.2. The standard InChI is InChI=1S/C16H18N2O2/c1-10-5-7-13(8-6-10)17-16(20)15(19)14-9-11(2)18(4)12(14)3/h5-9H,1-4H3,(H,17,20). The van der Waals surface area contributed by atoms with Gasteiger partial charge in [0.05, 0.1) is 0 Å². The van der Waals surface area contributed by atoms with Gasteiger partial charge in [-0.1, -0.05) is 17.7 Å². The van der Waals surface area contributed by atoms with Gasteiger partial charge in [0.1, 0.15) is 0 Å². The van der Waals surface area contributed by atoms with Gasteiger partial charge in [0, 0.05) is 29.7 Å². The summed E-state index contributed by atoms with van der Waals surface area (Å²) in [5.41, 5.74) is 3.93. The van der Waals surface area contributed by atoms with E-state index in [2.05, 4.69) is 5.32 Å². The van der Waals surface area contributed by atoms with Crippen LogP contribution in [0.5, 0.6) is 0 Å². The number of rotatable bonds is 3. The molecule has 20 heavy (non-hydrogen) atoms. The molecule has 1 amide bonds. The highest BCUT2D eigenvalue weighted by Crippen LogP contribution is 2.15. The molecule has 0 bridgehead atoms. The predicted molar refractivity (Wildman–Crippen MR) is 79.0 cm³/mol. The summed E-state index contributed by atoms with van der Waals surface area (Å²) >= 11 is 0. The van der Waals surface area contributed by atoms with Crippen molar-refractivity contribution in [3.63, 3.8) is 0 Å². The summed E-state index contributed by atoms with van der Waals surface area (Å²) in [5.74, 6) is -1.12. The molecular formula is C16H18N2O2. The molecule has 1 heterocycles. The molecule has 2 rings (SSSR count). The zero-order chi connectivity index (χ0) is 14.9. The van der Waals surface area contributed by atoms with Gasteiger partial charge in [-0.2, -0.15) is 0 Å². The summed E-state index contributed by atoms with van der Waals surface area (Å²) in [6.45, 7) is 5.70. The Morgan fingerprint density at radius 1 is 1.05 bits per heavy atom. The first-order valence-corrected chi connectivity index (χ1v) is 6.45. The summed E-state index contributed by atoms with van der Waals surface area (Å²) in [5, 5.41) is 2.63. The van der Waals surface area contributed by atoms with Crippen LogP contribution in [0.25, 0.3) is 0 Å². The van der Waals surface area contributed by atoms with E-state index < -0.39 is 11.7 Å². The first-order valence-electron chi connectivity index (χ1n) is 6.45. The third-order valence-corrected chi connectivity index (χ3v) is 3.54. The number of Topliss-reactive ketones (excluding diaryl/α,β-unsaturated/α-hetero) is 1. The van der Waals surface area contributed by atoms with Gasteiger partial charge in [-0.25, -0.2) is 0 Å². The lowest BCUT2D eigenvalue weighted by atomic mass is 10.1. The highest BCUT2D eigenvalue weighted by Gasteiger charge is 2.21. The average Bonchev–Trinajstić information content (AvgIpc) is 2.68. The van der Waals surface area contributed by atoms with E-state index >= 15 is 0 Å². The number of nitrogens with one attached hydrogen (secondary N) is 1. The van der Waals surface area contributed by atoms with Crippen LogP contribution < -0.4 is 5.32 Å². The summed E-state index contributed by atoms with van der Waals surface area (Å²) in [4.78, 5) is 24.2. The van der Waals surface area contributed by atoms with Crippen molar-refractivity contribution in [3.05, 3.63) is 52.8 Å². The van der Waals surface area contributed by atoms with Crippen LogP contribution in [0, 0.1) is 20.8 Å². The molecule has 4 heteroatoms. The van der Waals surface area contributed by atoms with Gasteiger partial charge < -0.3 is 9.88 Å². The maximum absolute atomic E-state index is 12.2. The van der Waals surface area contributed by atoms with Crippen molar-refractivity contribution < 1.29 is 9.59 Å². The molecule has 0 aliphatic rings. The lowest BCUT2D eigenvalue weighted by molar-refractivity contribution is -0.112. The molecule has 4 nitrogen and oxygen atoms in total. The van der Waals surface area contributed by atoms with E-state index in [1.165, 1.54) is 0 Å². The van der Waals surface area contributed by atoms with Crippen LogP contribution in [0.15, 0.2) is 30.3 Å². The number of nitrogens with zero attached hydrogens (tertiary/aromatic N) is 1. The number of aromatic nitrogens is 1. The number of benzene rings is 1. The highest BCUT2D eigenvalue weighted by molar-refractivity contribution is 6.46. The molecule has 2 aromatic rings. The molecule has 0 aliphatic heterocycles. The summed E-state index contributed by atoms with van der Waals surface area (Å²) in [6.07, 6.45) is 0. The Labute approximate surface area is 118 Å². The van der Waals surface area contributed by atoms with Gasteiger partial charge in [0.15, 0.2) is 0 Å². The molecule has 0 spiro atoms. The van der Waals surface area contributed by atoms with E-state index in [1.807, 2.05) is 44.5 Å². The minimum atomic E-state index is -0.609. The fourth-order valence-corrected chi connectivity index (χ4v) is 2.03. The minimum Gasteiger partial charge on any atom is -0.351 e. The monoisotopic (exact) mass is 270 g/mol. The summed E-state index contributed by atoms with van der Waals surface area (Å²) in [7, 11) is 1.87. The number of amides is 1. The van der Waals surface area contributed by atoms with E-state index in [-0.39, 0.29) is 0 Å². The van der Waals surface area contributed by atoms with Crippen molar-refractivity contribution in [2.75, 3.05) is 5.32 Å². The normalized spacial score (nSPS) is 10.4. The van der Waals surface area contributed by atoms with Crippen molar-refractivity contribution in [3.8, 4) is 0 Å². The van der Waals surface area contributed by atoms with E-state index in [9.17, 15) is 9.59 Å². The number of aryl methyl sites for hydroxylation is 2. The van der Waals surface area contributed by atoms with Crippen molar-refractivity contribution >= 4 is 17.4 Å². The van der Waals surface area contributed by atoms with Crippen molar-refractivity contribution in [2.45, 2.75) is 20.8 Å². The Balaban J connectivity index is 2.18. The molecule has 0 saturated carbocycles. The van der Waals surface area contributed by atoms with E-state index in [0.29, 0.717) is 11.3 Å². The van der Waals surface area contributed by atoms with Crippen LogP contribution in [0.3, 0.4) is 0 Å². The van der Waals surface area contributed by atoms with Gasteiger partial charge in [0.2, 0.25) is 0 Å². The lowest BCUT2D eigenvalue weighted by Gasteiger charge is -2.05. The number of carbonyl (C=O) groups is 2. The van der Waals surface area contributed by atoms with Crippen LogP contribution in [-0.4, -0.2) is 16.3 Å². The second kappa shape index (κ2) is 5.33. The number of anilines is 1. The van der Waals surface area contributed by atoms with Crippen molar-refractivity contribution in [1.82, 2.24) is 4.57 Å². The molecular weight excluding hydrogens is 252 g/mol. The van der Waals surface area contributed by atoms with Crippen LogP contribution in [0.2, 0.25) is 0 Å². The Morgan fingerprint density at radius 2 is 1.65 bits per heavy atom. The van der Waals surface area contributed by atoms with Crippen LogP contribution in [-0.2, 0) is 11.8 Å². The van der Waals surface area contributed by atoms with Crippen molar-refractivity contribution in [1.29, 1.82) is 0 Å². The van der Waals surface area contributed by atoms with E-state index in [4.69, 9.17) is 0 Å². The molecule has 1 N–H and O–H groups in total. The zero-order valence-electron chi connectivity index (χ0n) is 12.2. The smallest absolute Gasteiger partial charge is 0.296 e. The third-order valence-electron chi connectivity index (χ3n) is 3.54. The number of ketones is 1.